The number of nitrogen functional groups attached to an aromatic ring is 1. The van der Waals surface area contributed by atoms with E-state index in [-0.39, 0.29) is 0 Å². The fraction of sp³-hybridized carbons (Fsp3) is 0.111. The van der Waals surface area contributed by atoms with Crippen LogP contribution in [0.2, 0.25) is 0 Å². The number of hydrogen-bond donors (Lipinski definition) is 1. The first kappa shape index (κ1) is 9.15. The Bertz CT molecular complexity index is 509. The lowest BCUT2D eigenvalue weighted by Gasteiger charge is -2.00. The minimum Gasteiger partial charge on any atom is -0.381 e. The number of pyridine rings is 1. The lowest BCUT2D eigenvalue weighted by molar-refractivity contribution is 0.591. The molecule has 0 bridgehead atoms. The number of nitrogens with zero attached hydrogens (tertiary/aromatic N) is 5. The molecule has 0 aromatic carbocycles. The Kier molecular flexibility index (Phi) is 2.29. The van der Waals surface area contributed by atoms with E-state index in [1.165, 1.54) is 11.0 Å². The molecular weight excluding hydrogens is 192 g/mol. The van der Waals surface area contributed by atoms with Gasteiger partial charge in [0.25, 0.3) is 0 Å². The van der Waals surface area contributed by atoms with Crippen molar-refractivity contribution in [1.82, 2.24) is 20.0 Å². The molecule has 0 aliphatic carbocycles. The van der Waals surface area contributed by atoms with Crippen LogP contribution in [0.25, 0.3) is 0 Å². The van der Waals surface area contributed by atoms with Crippen LogP contribution in [-0.2, 0) is 6.54 Å². The van der Waals surface area contributed by atoms with Crippen molar-refractivity contribution in [2.75, 3.05) is 5.73 Å². The van der Waals surface area contributed by atoms with Gasteiger partial charge in [-0.25, -0.2) is 4.98 Å². The van der Waals surface area contributed by atoms with Crippen molar-refractivity contribution in [3.05, 3.63) is 35.8 Å². The maximum atomic E-state index is 8.81. The number of hydrogen-bond acceptors (Lipinski definition) is 5. The topological polar surface area (TPSA) is 93.4 Å². The number of anilines is 1. The molecule has 0 spiro atoms. The fourth-order valence-corrected chi connectivity index (χ4v) is 1.21. The third kappa shape index (κ3) is 1.91. The molecule has 0 saturated heterocycles. The Morgan fingerprint density at radius 2 is 2.40 bits per heavy atom. The second kappa shape index (κ2) is 3.75. The molecule has 2 aromatic heterocycles. The Labute approximate surface area is 86.0 Å². The van der Waals surface area contributed by atoms with Gasteiger partial charge < -0.3 is 5.73 Å². The first-order chi connectivity index (χ1) is 7.29. The highest BCUT2D eigenvalue weighted by molar-refractivity contribution is 5.30. The summed E-state index contributed by atoms with van der Waals surface area (Å²) in [4.78, 5) is 5.36. The third-order valence-electron chi connectivity index (χ3n) is 1.86. The Morgan fingerprint density at radius 1 is 1.53 bits per heavy atom. The molecule has 0 aliphatic heterocycles. The molecule has 2 N–H and O–H groups in total. The fourth-order valence-electron chi connectivity index (χ4n) is 1.21. The van der Waals surface area contributed by atoms with E-state index in [1.54, 1.807) is 12.3 Å². The molecular formula is C9H8N6. The normalized spacial score (nSPS) is 9.80. The predicted molar refractivity (Wildman–Crippen MR) is 52.5 cm³/mol. The van der Waals surface area contributed by atoms with Gasteiger partial charge in [0.2, 0.25) is 0 Å². The summed E-state index contributed by atoms with van der Waals surface area (Å²) in [5.74, 6) is 0.359. The Morgan fingerprint density at radius 3 is 3.07 bits per heavy atom. The molecule has 0 amide bonds. The molecule has 0 atom stereocenters. The lowest BCUT2D eigenvalue weighted by Crippen LogP contribution is -2.06. The molecule has 0 unspecified atom stereocenters. The van der Waals surface area contributed by atoms with Crippen molar-refractivity contribution in [2.45, 2.75) is 6.54 Å². The zero-order valence-corrected chi connectivity index (χ0v) is 7.83. The van der Waals surface area contributed by atoms with E-state index in [9.17, 15) is 0 Å². The highest BCUT2D eigenvalue weighted by Crippen LogP contribution is 2.05. The van der Waals surface area contributed by atoms with Gasteiger partial charge in [-0.1, -0.05) is 6.07 Å². The van der Waals surface area contributed by atoms with Crippen LogP contribution in [0.15, 0.2) is 24.5 Å². The Hall–Kier alpha value is -2.42. The molecule has 15 heavy (non-hydrogen) atoms. The van der Waals surface area contributed by atoms with Crippen molar-refractivity contribution in [1.29, 1.82) is 5.26 Å². The summed E-state index contributed by atoms with van der Waals surface area (Å²) in [5.41, 5.74) is 6.58. The highest BCUT2D eigenvalue weighted by Gasteiger charge is 2.04. The van der Waals surface area contributed by atoms with E-state index in [2.05, 4.69) is 15.2 Å². The molecule has 2 heterocycles. The first-order valence-corrected chi connectivity index (χ1v) is 4.29. The van der Waals surface area contributed by atoms with Crippen LogP contribution in [-0.4, -0.2) is 20.0 Å². The summed E-state index contributed by atoms with van der Waals surface area (Å²) >= 11 is 0. The van der Waals surface area contributed by atoms with Gasteiger partial charge in [0.1, 0.15) is 11.8 Å². The SMILES string of the molecule is N#Cc1ncccc1Cn1ncc(N)n1. The average molecular weight is 200 g/mol. The minimum absolute atomic E-state index is 0.359. The van der Waals surface area contributed by atoms with Crippen LogP contribution in [0, 0.1) is 11.3 Å². The average Bonchev–Trinajstić information content (AvgIpc) is 2.65. The highest BCUT2D eigenvalue weighted by atomic mass is 15.5. The predicted octanol–water partition coefficient (Wildman–Crippen LogP) is 0.175. The van der Waals surface area contributed by atoms with Crippen LogP contribution in [0.5, 0.6) is 0 Å². The van der Waals surface area contributed by atoms with Crippen LogP contribution >= 0.6 is 0 Å². The molecule has 0 saturated carbocycles. The maximum Gasteiger partial charge on any atom is 0.165 e. The van der Waals surface area contributed by atoms with Gasteiger partial charge in [0, 0.05) is 11.8 Å². The second-order valence-electron chi connectivity index (χ2n) is 2.92. The molecule has 6 heteroatoms. The Balaban J connectivity index is 2.28. The summed E-state index contributed by atoms with van der Waals surface area (Å²) in [6.07, 6.45) is 3.04. The summed E-state index contributed by atoms with van der Waals surface area (Å²) in [6.45, 7) is 0.397. The standard InChI is InChI=1S/C9H8N6/c10-4-8-7(2-1-3-12-8)6-15-13-5-9(11)14-15/h1-3,5H,6H2,(H2,11,14). The zero-order valence-electron chi connectivity index (χ0n) is 7.83. The number of aromatic nitrogens is 4. The van der Waals surface area contributed by atoms with Crippen molar-refractivity contribution in [2.24, 2.45) is 0 Å². The van der Waals surface area contributed by atoms with Gasteiger partial charge in [-0.15, -0.1) is 5.10 Å². The number of nitrogens with two attached hydrogens (primary N) is 1. The van der Waals surface area contributed by atoms with E-state index >= 15 is 0 Å². The largest absolute Gasteiger partial charge is 0.381 e. The smallest absolute Gasteiger partial charge is 0.165 e. The van der Waals surface area contributed by atoms with Gasteiger partial charge in [-0.3, -0.25) is 0 Å². The van der Waals surface area contributed by atoms with Gasteiger partial charge in [-0.05, 0) is 6.07 Å². The van der Waals surface area contributed by atoms with Crippen LogP contribution in [0.3, 0.4) is 0 Å². The van der Waals surface area contributed by atoms with Crippen LogP contribution in [0.4, 0.5) is 5.82 Å². The van der Waals surface area contributed by atoms with E-state index in [0.717, 1.165) is 5.56 Å². The van der Waals surface area contributed by atoms with E-state index in [0.29, 0.717) is 18.1 Å². The maximum absolute atomic E-state index is 8.81. The molecule has 2 rings (SSSR count). The number of rotatable bonds is 2. The van der Waals surface area contributed by atoms with E-state index in [4.69, 9.17) is 11.0 Å². The molecule has 6 nitrogen and oxygen atoms in total. The monoisotopic (exact) mass is 200 g/mol. The molecule has 0 radical (unpaired) electrons. The van der Waals surface area contributed by atoms with Crippen molar-refractivity contribution in [3.8, 4) is 6.07 Å². The van der Waals surface area contributed by atoms with Gasteiger partial charge in [-0.2, -0.15) is 15.2 Å². The summed E-state index contributed by atoms with van der Waals surface area (Å²) < 4.78 is 0. The second-order valence-corrected chi connectivity index (χ2v) is 2.92. The minimum atomic E-state index is 0.359. The molecule has 0 aliphatic rings. The summed E-state index contributed by atoms with van der Waals surface area (Å²) in [5, 5.41) is 16.7. The van der Waals surface area contributed by atoms with Crippen molar-refractivity contribution in [3.63, 3.8) is 0 Å². The van der Waals surface area contributed by atoms with Crippen molar-refractivity contribution < 1.29 is 0 Å². The van der Waals surface area contributed by atoms with Gasteiger partial charge in [0.05, 0.1) is 12.7 Å². The first-order valence-electron chi connectivity index (χ1n) is 4.29. The van der Waals surface area contributed by atoms with E-state index in [1.807, 2.05) is 12.1 Å². The quantitative estimate of drug-likeness (QED) is 0.746. The summed E-state index contributed by atoms with van der Waals surface area (Å²) in [7, 11) is 0. The third-order valence-corrected chi connectivity index (χ3v) is 1.86. The molecule has 0 fully saturated rings. The van der Waals surface area contributed by atoms with Crippen LogP contribution in [0.1, 0.15) is 11.3 Å². The van der Waals surface area contributed by atoms with Crippen molar-refractivity contribution >= 4 is 5.82 Å². The molecule has 74 valence electrons. The van der Waals surface area contributed by atoms with Gasteiger partial charge in [0.15, 0.2) is 5.82 Å². The molecule has 2 aromatic rings. The van der Waals surface area contributed by atoms with Gasteiger partial charge >= 0.3 is 0 Å². The van der Waals surface area contributed by atoms with Crippen LogP contribution < -0.4 is 5.73 Å². The zero-order chi connectivity index (χ0) is 10.7. The lowest BCUT2D eigenvalue weighted by atomic mass is 10.2. The number of nitriles is 1. The summed E-state index contributed by atoms with van der Waals surface area (Å²) in [6, 6.07) is 5.59. The van der Waals surface area contributed by atoms with E-state index < -0.39 is 0 Å².